The van der Waals surface area contributed by atoms with E-state index in [1.165, 1.54) is 12.1 Å². The average Bonchev–Trinajstić information content (AvgIpc) is 2.64. The van der Waals surface area contributed by atoms with Gasteiger partial charge in [0.25, 0.3) is 0 Å². The molecule has 0 aliphatic carbocycles. The lowest BCUT2D eigenvalue weighted by atomic mass is 10.3. The van der Waals surface area contributed by atoms with Gasteiger partial charge in [-0.25, -0.2) is 4.39 Å². The van der Waals surface area contributed by atoms with Gasteiger partial charge in [0.1, 0.15) is 17.7 Å². The molecule has 1 saturated heterocycles. The van der Waals surface area contributed by atoms with E-state index in [0.29, 0.717) is 12.4 Å². The Morgan fingerprint density at radius 1 is 1.50 bits per heavy atom. The lowest BCUT2D eigenvalue weighted by Crippen LogP contribution is -2.15. The van der Waals surface area contributed by atoms with E-state index in [4.69, 9.17) is 9.47 Å². The van der Waals surface area contributed by atoms with Crippen LogP contribution in [0.5, 0.6) is 5.75 Å². The maximum absolute atomic E-state index is 12.9. The maximum Gasteiger partial charge on any atom is 0.136 e. The van der Waals surface area contributed by atoms with Crippen molar-refractivity contribution in [2.24, 2.45) is 0 Å². The normalized spacial score (nSPS) is 21.1. The Bertz CT molecular complexity index is 324. The summed E-state index contributed by atoms with van der Waals surface area (Å²) >= 11 is 3.31. The molecule has 0 radical (unpaired) electrons. The fraction of sp³-hybridized carbons (Fsp3) is 0.400. The molecule has 0 unspecified atom stereocenters. The van der Waals surface area contributed by atoms with Gasteiger partial charge in [0.05, 0.1) is 17.7 Å². The monoisotopic (exact) mass is 260 g/mol. The van der Waals surface area contributed by atoms with Gasteiger partial charge in [0.2, 0.25) is 0 Å². The Hall–Kier alpha value is -0.610. The van der Waals surface area contributed by atoms with Crippen molar-refractivity contribution in [3.8, 4) is 5.75 Å². The standard InChI is InChI=1S/C10H10BrFO2/c11-9-2-1-7(12)5-10(9)14-8-3-4-13-6-8/h1-2,5,8H,3-4,6H2/t8-/m0/s1. The first kappa shape index (κ1) is 9.93. The van der Waals surface area contributed by atoms with Gasteiger partial charge in [0.15, 0.2) is 0 Å². The van der Waals surface area contributed by atoms with Crippen LogP contribution in [0.2, 0.25) is 0 Å². The van der Waals surface area contributed by atoms with Crippen LogP contribution >= 0.6 is 15.9 Å². The molecule has 0 amide bonds. The van der Waals surface area contributed by atoms with Crippen LogP contribution in [0.3, 0.4) is 0 Å². The van der Waals surface area contributed by atoms with Crippen LogP contribution in [0.15, 0.2) is 22.7 Å². The largest absolute Gasteiger partial charge is 0.487 e. The number of hydrogen-bond donors (Lipinski definition) is 0. The summed E-state index contributed by atoms with van der Waals surface area (Å²) in [6.45, 7) is 1.31. The first-order valence-electron chi connectivity index (χ1n) is 4.45. The fourth-order valence-corrected chi connectivity index (χ4v) is 1.69. The summed E-state index contributed by atoms with van der Waals surface area (Å²) in [6.07, 6.45) is 0.913. The molecule has 1 fully saturated rings. The predicted molar refractivity (Wildman–Crippen MR) is 54.0 cm³/mol. The van der Waals surface area contributed by atoms with E-state index in [9.17, 15) is 4.39 Å². The van der Waals surface area contributed by atoms with Gasteiger partial charge in [-0.3, -0.25) is 0 Å². The second-order valence-electron chi connectivity index (χ2n) is 3.18. The van der Waals surface area contributed by atoms with Crippen molar-refractivity contribution in [1.29, 1.82) is 0 Å². The van der Waals surface area contributed by atoms with Gasteiger partial charge in [-0.1, -0.05) is 0 Å². The molecule has 0 N–H and O–H groups in total. The van der Waals surface area contributed by atoms with Crippen LogP contribution in [0.1, 0.15) is 6.42 Å². The second-order valence-corrected chi connectivity index (χ2v) is 4.03. The van der Waals surface area contributed by atoms with E-state index in [-0.39, 0.29) is 11.9 Å². The molecule has 0 spiro atoms. The molecular formula is C10H10BrFO2. The number of rotatable bonds is 2. The van der Waals surface area contributed by atoms with Gasteiger partial charge in [-0.2, -0.15) is 0 Å². The van der Waals surface area contributed by atoms with Crippen molar-refractivity contribution in [2.75, 3.05) is 13.2 Å². The highest BCUT2D eigenvalue weighted by atomic mass is 79.9. The summed E-state index contributed by atoms with van der Waals surface area (Å²) in [5, 5.41) is 0. The Balaban J connectivity index is 2.10. The first-order chi connectivity index (χ1) is 6.75. The number of hydrogen-bond acceptors (Lipinski definition) is 2. The van der Waals surface area contributed by atoms with Gasteiger partial charge in [0, 0.05) is 12.5 Å². The minimum atomic E-state index is -0.290. The minimum absolute atomic E-state index is 0.0492. The van der Waals surface area contributed by atoms with Crippen molar-refractivity contribution in [3.63, 3.8) is 0 Å². The van der Waals surface area contributed by atoms with Gasteiger partial charge in [-0.05, 0) is 28.1 Å². The lowest BCUT2D eigenvalue weighted by Gasteiger charge is -2.12. The Morgan fingerprint density at radius 3 is 3.07 bits per heavy atom. The molecular weight excluding hydrogens is 251 g/mol. The molecule has 0 bridgehead atoms. The van der Waals surface area contributed by atoms with Crippen molar-refractivity contribution in [2.45, 2.75) is 12.5 Å². The zero-order chi connectivity index (χ0) is 9.97. The third kappa shape index (κ3) is 2.25. The smallest absolute Gasteiger partial charge is 0.136 e. The van der Waals surface area contributed by atoms with Gasteiger partial charge >= 0.3 is 0 Å². The molecule has 1 aliphatic rings. The highest BCUT2D eigenvalue weighted by molar-refractivity contribution is 9.10. The molecule has 14 heavy (non-hydrogen) atoms. The molecule has 2 nitrogen and oxygen atoms in total. The fourth-order valence-electron chi connectivity index (χ4n) is 1.35. The van der Waals surface area contributed by atoms with E-state index in [0.717, 1.165) is 17.5 Å². The third-order valence-corrected chi connectivity index (χ3v) is 2.73. The summed E-state index contributed by atoms with van der Waals surface area (Å²) in [4.78, 5) is 0. The van der Waals surface area contributed by atoms with E-state index < -0.39 is 0 Å². The molecule has 4 heteroatoms. The topological polar surface area (TPSA) is 18.5 Å². The van der Waals surface area contributed by atoms with Crippen LogP contribution in [0, 0.1) is 5.82 Å². The van der Waals surface area contributed by atoms with Crippen molar-refractivity contribution in [3.05, 3.63) is 28.5 Å². The molecule has 1 aromatic rings. The Labute approximate surface area is 90.1 Å². The van der Waals surface area contributed by atoms with Gasteiger partial charge in [-0.15, -0.1) is 0 Å². The molecule has 1 aromatic carbocycles. The van der Waals surface area contributed by atoms with E-state index in [2.05, 4.69) is 15.9 Å². The van der Waals surface area contributed by atoms with Crippen molar-refractivity contribution >= 4 is 15.9 Å². The molecule has 1 aliphatic heterocycles. The van der Waals surface area contributed by atoms with Crippen LogP contribution in [-0.4, -0.2) is 19.3 Å². The lowest BCUT2D eigenvalue weighted by molar-refractivity contribution is 0.140. The number of ether oxygens (including phenoxy) is 2. The summed E-state index contributed by atoms with van der Waals surface area (Å²) < 4.78 is 24.4. The second kappa shape index (κ2) is 4.28. The number of benzene rings is 1. The van der Waals surface area contributed by atoms with E-state index >= 15 is 0 Å². The summed E-state index contributed by atoms with van der Waals surface area (Å²) in [5.41, 5.74) is 0. The molecule has 2 rings (SSSR count). The van der Waals surface area contributed by atoms with Crippen LogP contribution in [-0.2, 0) is 4.74 Å². The third-order valence-electron chi connectivity index (χ3n) is 2.07. The Morgan fingerprint density at radius 2 is 2.36 bits per heavy atom. The molecule has 0 aromatic heterocycles. The van der Waals surface area contributed by atoms with E-state index in [1.54, 1.807) is 6.07 Å². The number of halogens is 2. The quantitative estimate of drug-likeness (QED) is 0.814. The highest BCUT2D eigenvalue weighted by Crippen LogP contribution is 2.27. The van der Waals surface area contributed by atoms with Gasteiger partial charge < -0.3 is 9.47 Å². The highest BCUT2D eigenvalue weighted by Gasteiger charge is 2.18. The van der Waals surface area contributed by atoms with E-state index in [1.807, 2.05) is 0 Å². The van der Waals surface area contributed by atoms with Crippen molar-refractivity contribution < 1.29 is 13.9 Å². The molecule has 1 atom stereocenters. The predicted octanol–water partition coefficient (Wildman–Crippen LogP) is 2.76. The summed E-state index contributed by atoms with van der Waals surface area (Å²) in [5.74, 6) is 0.252. The minimum Gasteiger partial charge on any atom is -0.487 e. The van der Waals surface area contributed by atoms with Crippen molar-refractivity contribution in [1.82, 2.24) is 0 Å². The molecule has 0 saturated carbocycles. The summed E-state index contributed by atoms with van der Waals surface area (Å²) in [6, 6.07) is 4.41. The zero-order valence-electron chi connectivity index (χ0n) is 7.50. The average molecular weight is 261 g/mol. The SMILES string of the molecule is Fc1ccc(Br)c(O[C@H]2CCOC2)c1. The van der Waals surface area contributed by atoms with Crippen LogP contribution < -0.4 is 4.74 Å². The first-order valence-corrected chi connectivity index (χ1v) is 5.24. The van der Waals surface area contributed by atoms with Crippen LogP contribution in [0.25, 0.3) is 0 Å². The molecule has 1 heterocycles. The maximum atomic E-state index is 12.9. The molecule has 76 valence electrons. The van der Waals surface area contributed by atoms with Crippen LogP contribution in [0.4, 0.5) is 4.39 Å². The zero-order valence-corrected chi connectivity index (χ0v) is 9.09. The summed E-state index contributed by atoms with van der Waals surface area (Å²) in [7, 11) is 0. The Kier molecular flexibility index (Phi) is 3.03.